The number of alkyl halides is 2. The Morgan fingerprint density at radius 1 is 0.906 bits per heavy atom. The molecule has 3 unspecified atom stereocenters. The molecule has 0 radical (unpaired) electrons. The zero-order valence-electron chi connectivity index (χ0n) is 17.8. The Morgan fingerprint density at radius 3 is 2.31 bits per heavy atom. The van der Waals surface area contributed by atoms with Crippen LogP contribution in [-0.2, 0) is 17.8 Å². The lowest BCUT2D eigenvalue weighted by molar-refractivity contribution is 0.0647. The quantitative estimate of drug-likeness (QED) is 0.331. The van der Waals surface area contributed by atoms with Crippen LogP contribution in [0.4, 0.5) is 0 Å². The summed E-state index contributed by atoms with van der Waals surface area (Å²) in [5.41, 5.74) is 2.27. The van der Waals surface area contributed by atoms with E-state index in [1.165, 1.54) is 11.3 Å². The molecule has 3 aromatic rings. The molecule has 170 valence electrons. The molecule has 4 rings (SSSR count). The van der Waals surface area contributed by atoms with Gasteiger partial charge in [0, 0.05) is 17.2 Å². The number of benzene rings is 2. The minimum atomic E-state index is -0.543. The van der Waals surface area contributed by atoms with Gasteiger partial charge in [-0.2, -0.15) is 0 Å². The summed E-state index contributed by atoms with van der Waals surface area (Å²) in [6, 6.07) is 24.0. The molecule has 0 aliphatic heterocycles. The summed E-state index contributed by atoms with van der Waals surface area (Å²) in [6.07, 6.45) is 0.865. The Kier molecular flexibility index (Phi) is 8.50. The fourth-order valence-corrected chi connectivity index (χ4v) is 5.80. The van der Waals surface area contributed by atoms with E-state index in [-0.39, 0.29) is 22.6 Å². The van der Waals surface area contributed by atoms with Crippen molar-refractivity contribution in [2.45, 2.75) is 36.3 Å². The minimum absolute atomic E-state index is 0.0813. The number of ether oxygens (including phenoxy) is 2. The van der Waals surface area contributed by atoms with E-state index in [1.807, 2.05) is 60.7 Å². The Morgan fingerprint density at radius 2 is 1.59 bits per heavy atom. The van der Waals surface area contributed by atoms with Crippen LogP contribution in [-0.4, -0.2) is 29.1 Å². The second kappa shape index (κ2) is 11.5. The molecule has 3 nitrogen and oxygen atoms in total. The van der Waals surface area contributed by atoms with Crippen LogP contribution < -0.4 is 4.74 Å². The van der Waals surface area contributed by atoms with E-state index in [4.69, 9.17) is 32.7 Å². The minimum Gasteiger partial charge on any atom is -0.484 e. The molecular formula is C26H28Cl2O3S. The number of halogens is 2. The molecule has 1 saturated carbocycles. The summed E-state index contributed by atoms with van der Waals surface area (Å²) in [6.45, 7) is 1.69. The summed E-state index contributed by atoms with van der Waals surface area (Å²) in [5, 5.41) is 11.1. The predicted octanol–water partition coefficient (Wildman–Crippen LogP) is 6.47. The van der Waals surface area contributed by atoms with Gasteiger partial charge >= 0.3 is 0 Å². The fraction of sp³-hybridized carbons (Fsp3) is 0.385. The summed E-state index contributed by atoms with van der Waals surface area (Å²) < 4.78 is 12.1. The third kappa shape index (κ3) is 6.27. The van der Waals surface area contributed by atoms with Crippen LogP contribution in [0.5, 0.6) is 5.06 Å². The molecule has 1 aromatic heterocycles. The van der Waals surface area contributed by atoms with Crippen molar-refractivity contribution in [3.8, 4) is 5.06 Å². The first kappa shape index (κ1) is 23.6. The Balaban J connectivity index is 1.29. The smallest absolute Gasteiger partial charge is 0.174 e. The third-order valence-electron chi connectivity index (χ3n) is 5.95. The number of hydrogen-bond acceptors (Lipinski definition) is 4. The van der Waals surface area contributed by atoms with E-state index in [0.717, 1.165) is 27.5 Å². The number of aliphatic hydroxyl groups excluding tert-OH is 1. The highest BCUT2D eigenvalue weighted by Gasteiger charge is 2.42. The predicted molar refractivity (Wildman–Crippen MR) is 132 cm³/mol. The normalized spacial score (nSPS) is 23.8. The van der Waals surface area contributed by atoms with Crippen LogP contribution in [0.1, 0.15) is 28.5 Å². The fourth-order valence-electron chi connectivity index (χ4n) is 4.15. The summed E-state index contributed by atoms with van der Waals surface area (Å²) in [4.78, 5) is 0.899. The zero-order valence-corrected chi connectivity index (χ0v) is 20.1. The van der Waals surface area contributed by atoms with Crippen LogP contribution in [0.3, 0.4) is 0 Å². The van der Waals surface area contributed by atoms with Crippen molar-refractivity contribution in [3.63, 3.8) is 0 Å². The largest absolute Gasteiger partial charge is 0.484 e. The van der Waals surface area contributed by atoms with Gasteiger partial charge in [0.05, 0.1) is 36.7 Å². The topological polar surface area (TPSA) is 38.7 Å². The van der Waals surface area contributed by atoms with Gasteiger partial charge in [-0.15, -0.1) is 34.5 Å². The van der Waals surface area contributed by atoms with E-state index in [0.29, 0.717) is 26.2 Å². The molecule has 1 aliphatic carbocycles. The maximum atomic E-state index is 10.6. The maximum absolute atomic E-state index is 10.6. The molecule has 1 N–H and O–H groups in total. The first-order valence-corrected chi connectivity index (χ1v) is 12.6. The van der Waals surface area contributed by atoms with Crippen LogP contribution in [0, 0.1) is 11.8 Å². The van der Waals surface area contributed by atoms with Crippen molar-refractivity contribution in [2.75, 3.05) is 13.2 Å². The summed E-state index contributed by atoms with van der Waals surface area (Å²) in [7, 11) is 0. The molecule has 1 fully saturated rings. The van der Waals surface area contributed by atoms with Crippen molar-refractivity contribution in [3.05, 3.63) is 88.8 Å². The van der Waals surface area contributed by atoms with Crippen LogP contribution in [0.25, 0.3) is 0 Å². The Hall–Kier alpha value is -1.56. The molecular weight excluding hydrogens is 463 g/mol. The monoisotopic (exact) mass is 490 g/mol. The van der Waals surface area contributed by atoms with Crippen LogP contribution in [0.2, 0.25) is 0 Å². The molecule has 1 aliphatic rings. The van der Waals surface area contributed by atoms with E-state index in [9.17, 15) is 5.11 Å². The van der Waals surface area contributed by atoms with Crippen molar-refractivity contribution in [2.24, 2.45) is 11.8 Å². The first-order chi connectivity index (χ1) is 15.6. The van der Waals surface area contributed by atoms with E-state index >= 15 is 0 Å². The van der Waals surface area contributed by atoms with E-state index in [1.54, 1.807) is 0 Å². The summed E-state index contributed by atoms with van der Waals surface area (Å²) >= 11 is 14.6. The molecule has 32 heavy (non-hydrogen) atoms. The second-order valence-corrected chi connectivity index (χ2v) is 10.4. The standard InChI is InChI=1S/C26H28Cl2O3S/c27-22-14-20(16-30-15-19-9-5-2-6-10-19)21(26(22)28)17-31-25-12-11-24(32-25)23(29)13-18-7-3-1-4-8-18/h1-12,20-23,26,29H,13-17H2/t20-,21-,22?,23?,26?/m1/s1. The van der Waals surface area contributed by atoms with E-state index < -0.39 is 6.10 Å². The number of thiophene rings is 1. The van der Waals surface area contributed by atoms with Crippen LogP contribution >= 0.6 is 34.5 Å². The zero-order chi connectivity index (χ0) is 22.3. The molecule has 0 saturated heterocycles. The molecule has 5 atom stereocenters. The number of rotatable bonds is 10. The van der Waals surface area contributed by atoms with Crippen molar-refractivity contribution in [1.82, 2.24) is 0 Å². The van der Waals surface area contributed by atoms with Gasteiger partial charge in [-0.1, -0.05) is 60.7 Å². The Labute approximate surface area is 203 Å². The second-order valence-electron chi connectivity index (χ2n) is 8.29. The average Bonchev–Trinajstić information content (AvgIpc) is 3.39. The van der Waals surface area contributed by atoms with Gasteiger partial charge in [-0.3, -0.25) is 0 Å². The van der Waals surface area contributed by atoms with E-state index in [2.05, 4.69) is 12.1 Å². The van der Waals surface area contributed by atoms with Crippen molar-refractivity contribution in [1.29, 1.82) is 0 Å². The molecule has 1 heterocycles. The third-order valence-corrected chi connectivity index (χ3v) is 8.26. The highest BCUT2D eigenvalue weighted by molar-refractivity contribution is 7.13. The lowest BCUT2D eigenvalue weighted by Gasteiger charge is -2.21. The highest BCUT2D eigenvalue weighted by atomic mass is 35.5. The van der Waals surface area contributed by atoms with Gasteiger partial charge in [0.1, 0.15) is 0 Å². The molecule has 6 heteroatoms. The Bertz CT molecular complexity index is 950. The van der Waals surface area contributed by atoms with Crippen molar-refractivity contribution >= 4 is 34.5 Å². The number of hydrogen-bond donors (Lipinski definition) is 1. The summed E-state index contributed by atoms with van der Waals surface area (Å²) in [5.74, 6) is 0.376. The average molecular weight is 491 g/mol. The number of aliphatic hydroxyl groups is 1. The SMILES string of the molecule is OC(Cc1ccccc1)c1ccc(OC[C@H]2C(Cl)C(Cl)C[C@@H]2COCc2ccccc2)s1. The molecule has 0 bridgehead atoms. The molecule has 2 aromatic carbocycles. The molecule has 0 amide bonds. The molecule has 0 spiro atoms. The first-order valence-electron chi connectivity index (χ1n) is 10.9. The lowest BCUT2D eigenvalue weighted by atomic mass is 9.98. The van der Waals surface area contributed by atoms with Gasteiger partial charge in [0.15, 0.2) is 5.06 Å². The van der Waals surface area contributed by atoms with Gasteiger partial charge in [-0.05, 0) is 35.6 Å². The maximum Gasteiger partial charge on any atom is 0.174 e. The lowest BCUT2D eigenvalue weighted by Crippen LogP contribution is -2.27. The van der Waals surface area contributed by atoms with Gasteiger partial charge in [0.2, 0.25) is 0 Å². The van der Waals surface area contributed by atoms with Crippen molar-refractivity contribution < 1.29 is 14.6 Å². The van der Waals surface area contributed by atoms with Gasteiger partial charge < -0.3 is 14.6 Å². The van der Waals surface area contributed by atoms with Gasteiger partial charge in [0.25, 0.3) is 0 Å². The van der Waals surface area contributed by atoms with Gasteiger partial charge in [-0.25, -0.2) is 0 Å². The highest BCUT2D eigenvalue weighted by Crippen LogP contribution is 2.40. The van der Waals surface area contributed by atoms with Crippen LogP contribution in [0.15, 0.2) is 72.8 Å².